The largest absolute Gasteiger partial charge is 0.463 e. The third kappa shape index (κ3) is 6.82. The van der Waals surface area contributed by atoms with Crippen LogP contribution in [0.1, 0.15) is 46.5 Å². The van der Waals surface area contributed by atoms with Gasteiger partial charge in [-0.3, -0.25) is 9.59 Å². The first kappa shape index (κ1) is 19.2. The lowest BCUT2D eigenvalue weighted by Gasteiger charge is -2.30. The number of ether oxygens (including phenoxy) is 2. The van der Waals surface area contributed by atoms with E-state index in [2.05, 4.69) is 6.92 Å². The summed E-state index contributed by atoms with van der Waals surface area (Å²) in [6, 6.07) is 8.73. The minimum absolute atomic E-state index is 0.233. The Bertz CT molecular complexity index is 495. The van der Waals surface area contributed by atoms with Crippen LogP contribution in [0.3, 0.4) is 0 Å². The van der Waals surface area contributed by atoms with Crippen LogP contribution in [0.25, 0.3) is 0 Å². The second-order valence-corrected chi connectivity index (χ2v) is 5.92. The zero-order valence-electron chi connectivity index (χ0n) is 14.1. The minimum Gasteiger partial charge on any atom is -0.463 e. The van der Waals surface area contributed by atoms with E-state index in [1.54, 1.807) is 24.3 Å². The molecule has 0 aliphatic rings. The summed E-state index contributed by atoms with van der Waals surface area (Å²) >= 11 is 0. The molecule has 1 aromatic carbocycles. The molecule has 5 heteroatoms. The molecule has 0 radical (unpaired) electrons. The number of para-hydroxylation sites is 1. The van der Waals surface area contributed by atoms with Gasteiger partial charge in [0.2, 0.25) is 0 Å². The summed E-state index contributed by atoms with van der Waals surface area (Å²) in [7, 11) is 0. The number of esters is 2. The average Bonchev–Trinajstić information content (AvgIpc) is 2.50. The Morgan fingerprint density at radius 3 is 2.43 bits per heavy atom. The molecule has 1 aromatic rings. The molecule has 1 N–H and O–H groups in total. The lowest BCUT2D eigenvalue weighted by molar-refractivity contribution is -0.162. The van der Waals surface area contributed by atoms with Gasteiger partial charge in [0.1, 0.15) is 18.0 Å². The van der Waals surface area contributed by atoms with E-state index >= 15 is 0 Å². The summed E-state index contributed by atoms with van der Waals surface area (Å²) < 4.78 is 10.3. The van der Waals surface area contributed by atoms with E-state index in [4.69, 9.17) is 9.47 Å². The summed E-state index contributed by atoms with van der Waals surface area (Å²) in [6.45, 7) is 4.60. The highest BCUT2D eigenvalue weighted by Gasteiger charge is 2.39. The molecule has 0 fully saturated rings. The SMILES string of the molecule is CCCCCC(C(=O)Oc1ccccc1)C(C)(O)COC(C)=O. The Hall–Kier alpha value is -1.88. The second-order valence-electron chi connectivity index (χ2n) is 5.92. The number of unbranched alkanes of at least 4 members (excludes halogenated alkanes) is 2. The fourth-order valence-electron chi connectivity index (χ4n) is 2.31. The molecule has 0 amide bonds. The molecule has 2 atom stereocenters. The number of carbonyl (C=O) groups is 2. The van der Waals surface area contributed by atoms with Crippen LogP contribution in [-0.2, 0) is 14.3 Å². The van der Waals surface area contributed by atoms with Crippen molar-refractivity contribution < 1.29 is 24.2 Å². The van der Waals surface area contributed by atoms with Crippen LogP contribution in [0.4, 0.5) is 0 Å². The topological polar surface area (TPSA) is 72.8 Å². The summed E-state index contributed by atoms with van der Waals surface area (Å²) in [5.41, 5.74) is -1.47. The van der Waals surface area contributed by atoms with Gasteiger partial charge in [0, 0.05) is 6.92 Å². The zero-order valence-corrected chi connectivity index (χ0v) is 14.1. The summed E-state index contributed by atoms with van der Waals surface area (Å²) in [4.78, 5) is 23.5. The van der Waals surface area contributed by atoms with Crippen LogP contribution in [-0.4, -0.2) is 29.3 Å². The predicted molar refractivity (Wildman–Crippen MR) is 87.0 cm³/mol. The zero-order chi connectivity index (χ0) is 17.3. The van der Waals surface area contributed by atoms with Gasteiger partial charge in [-0.05, 0) is 25.5 Å². The summed E-state index contributed by atoms with van der Waals surface area (Å²) in [6.07, 6.45) is 3.24. The Labute approximate surface area is 137 Å². The highest BCUT2D eigenvalue weighted by Crippen LogP contribution is 2.26. The monoisotopic (exact) mass is 322 g/mol. The van der Waals surface area contributed by atoms with Gasteiger partial charge in [-0.1, -0.05) is 44.4 Å². The molecule has 128 valence electrons. The molecule has 0 saturated heterocycles. The van der Waals surface area contributed by atoms with E-state index in [1.807, 2.05) is 6.07 Å². The molecule has 0 aliphatic carbocycles. The maximum atomic E-state index is 12.5. The number of rotatable bonds is 9. The van der Waals surface area contributed by atoms with Crippen molar-refractivity contribution in [2.45, 2.75) is 52.1 Å². The fraction of sp³-hybridized carbons (Fsp3) is 0.556. The molecule has 0 spiro atoms. The van der Waals surface area contributed by atoms with Gasteiger partial charge in [0.05, 0.1) is 5.92 Å². The van der Waals surface area contributed by atoms with Crippen molar-refractivity contribution in [1.82, 2.24) is 0 Å². The maximum Gasteiger partial charge on any atom is 0.317 e. The summed E-state index contributed by atoms with van der Waals surface area (Å²) in [5.74, 6) is -1.33. The predicted octanol–water partition coefficient (Wildman–Crippen LogP) is 3.10. The van der Waals surface area contributed by atoms with Gasteiger partial charge in [0.25, 0.3) is 0 Å². The standard InChI is InChI=1S/C18H26O5/c1-4-5-7-12-16(18(3,21)13-22-14(2)19)17(20)23-15-10-8-6-9-11-15/h6,8-11,16,21H,4-5,7,12-13H2,1-3H3. The van der Waals surface area contributed by atoms with Crippen molar-refractivity contribution in [3.63, 3.8) is 0 Å². The van der Waals surface area contributed by atoms with Crippen LogP contribution in [0.2, 0.25) is 0 Å². The molecule has 0 bridgehead atoms. The minimum atomic E-state index is -1.47. The molecule has 0 heterocycles. The number of hydrogen-bond acceptors (Lipinski definition) is 5. The normalized spacial score (nSPS) is 14.6. The van der Waals surface area contributed by atoms with Crippen LogP contribution >= 0.6 is 0 Å². The maximum absolute atomic E-state index is 12.5. The molecule has 0 saturated carbocycles. The number of hydrogen-bond donors (Lipinski definition) is 1. The molecular formula is C18H26O5. The van der Waals surface area contributed by atoms with Gasteiger partial charge in [-0.15, -0.1) is 0 Å². The van der Waals surface area contributed by atoms with E-state index in [9.17, 15) is 14.7 Å². The molecule has 0 aromatic heterocycles. The Kier molecular flexibility index (Phi) is 7.75. The van der Waals surface area contributed by atoms with Crippen molar-refractivity contribution in [1.29, 1.82) is 0 Å². The molecule has 2 unspecified atom stereocenters. The lowest BCUT2D eigenvalue weighted by atomic mass is 9.85. The molecular weight excluding hydrogens is 296 g/mol. The van der Waals surface area contributed by atoms with Crippen molar-refractivity contribution >= 4 is 11.9 Å². The first-order valence-corrected chi connectivity index (χ1v) is 7.99. The fourth-order valence-corrected chi connectivity index (χ4v) is 2.31. The number of benzene rings is 1. The van der Waals surface area contributed by atoms with E-state index in [0.29, 0.717) is 12.2 Å². The van der Waals surface area contributed by atoms with Gasteiger partial charge in [-0.2, -0.15) is 0 Å². The van der Waals surface area contributed by atoms with Gasteiger partial charge in [-0.25, -0.2) is 0 Å². The Balaban J connectivity index is 2.80. The third-order valence-corrected chi connectivity index (χ3v) is 3.66. The van der Waals surface area contributed by atoms with Crippen molar-refractivity contribution in [2.75, 3.05) is 6.61 Å². The smallest absolute Gasteiger partial charge is 0.317 e. The number of carbonyl (C=O) groups excluding carboxylic acids is 2. The van der Waals surface area contributed by atoms with E-state index in [0.717, 1.165) is 19.3 Å². The van der Waals surface area contributed by atoms with Gasteiger partial charge < -0.3 is 14.6 Å². The van der Waals surface area contributed by atoms with Gasteiger partial charge in [0.15, 0.2) is 0 Å². The first-order chi connectivity index (χ1) is 10.9. The highest BCUT2D eigenvalue weighted by molar-refractivity contribution is 5.76. The Morgan fingerprint density at radius 1 is 1.22 bits per heavy atom. The molecule has 1 rings (SSSR count). The van der Waals surface area contributed by atoms with Crippen LogP contribution in [0.15, 0.2) is 30.3 Å². The van der Waals surface area contributed by atoms with Gasteiger partial charge >= 0.3 is 11.9 Å². The first-order valence-electron chi connectivity index (χ1n) is 7.99. The second kappa shape index (κ2) is 9.30. The van der Waals surface area contributed by atoms with Crippen molar-refractivity contribution in [3.05, 3.63) is 30.3 Å². The number of aliphatic hydroxyl groups is 1. The van der Waals surface area contributed by atoms with E-state index in [1.165, 1.54) is 13.8 Å². The average molecular weight is 322 g/mol. The van der Waals surface area contributed by atoms with E-state index < -0.39 is 23.5 Å². The van der Waals surface area contributed by atoms with Crippen LogP contribution in [0.5, 0.6) is 5.75 Å². The Morgan fingerprint density at radius 2 is 1.87 bits per heavy atom. The molecule has 23 heavy (non-hydrogen) atoms. The van der Waals surface area contributed by atoms with Crippen molar-refractivity contribution in [2.24, 2.45) is 5.92 Å². The summed E-state index contributed by atoms with van der Waals surface area (Å²) in [5, 5.41) is 10.6. The van der Waals surface area contributed by atoms with Crippen LogP contribution in [0, 0.1) is 5.92 Å². The third-order valence-electron chi connectivity index (χ3n) is 3.66. The van der Waals surface area contributed by atoms with Crippen molar-refractivity contribution in [3.8, 4) is 5.75 Å². The van der Waals surface area contributed by atoms with Crippen LogP contribution < -0.4 is 4.74 Å². The lowest BCUT2D eigenvalue weighted by Crippen LogP contribution is -2.45. The molecule has 5 nitrogen and oxygen atoms in total. The highest BCUT2D eigenvalue weighted by atomic mass is 16.5. The quantitative estimate of drug-likeness (QED) is 0.430. The van der Waals surface area contributed by atoms with E-state index in [-0.39, 0.29) is 6.61 Å². The molecule has 0 aliphatic heterocycles.